The van der Waals surface area contributed by atoms with Crippen LogP contribution in [0.1, 0.15) is 6.92 Å². The zero-order valence-corrected chi connectivity index (χ0v) is 12.6. The fourth-order valence-corrected chi connectivity index (χ4v) is 1.72. The van der Waals surface area contributed by atoms with Gasteiger partial charge in [-0.25, -0.2) is 0 Å². The Hall–Kier alpha value is -3.02. The number of carbonyl (C=O) groups is 2. The second kappa shape index (κ2) is 7.84. The van der Waals surface area contributed by atoms with Gasteiger partial charge in [-0.15, -0.1) is 0 Å². The molecule has 0 aliphatic heterocycles. The smallest absolute Gasteiger partial charge is 0.325 e. The van der Waals surface area contributed by atoms with Crippen LogP contribution < -0.4 is 14.8 Å². The van der Waals surface area contributed by atoms with Gasteiger partial charge in [0.05, 0.1) is 0 Å². The largest absolute Gasteiger partial charge is 0.484 e. The standard InChI is InChI=1S/C17H17NO5/c1-12(17(20)21)18-16(19)11-22-13-7-9-15(10-8-13)23-14-5-3-2-4-6-14/h2-10,12H,11H2,1H3,(H,18,19)(H,20,21). The average Bonchev–Trinajstić information content (AvgIpc) is 2.55. The number of carboxylic acids is 1. The first-order chi connectivity index (χ1) is 11.0. The van der Waals surface area contributed by atoms with Crippen molar-refractivity contribution in [2.75, 3.05) is 6.61 Å². The van der Waals surface area contributed by atoms with E-state index in [4.69, 9.17) is 14.6 Å². The summed E-state index contributed by atoms with van der Waals surface area (Å²) in [5.74, 6) is 0.268. The van der Waals surface area contributed by atoms with Gasteiger partial charge in [-0.1, -0.05) is 18.2 Å². The van der Waals surface area contributed by atoms with Crippen LogP contribution in [0.3, 0.4) is 0 Å². The Balaban J connectivity index is 1.83. The molecule has 0 aliphatic rings. The van der Waals surface area contributed by atoms with E-state index in [2.05, 4.69) is 5.32 Å². The van der Waals surface area contributed by atoms with Crippen LogP contribution in [-0.4, -0.2) is 29.6 Å². The highest BCUT2D eigenvalue weighted by molar-refractivity contribution is 5.84. The Morgan fingerprint density at radius 1 is 1.00 bits per heavy atom. The SMILES string of the molecule is CC(NC(=O)COc1ccc(Oc2ccccc2)cc1)C(=O)O. The number of amides is 1. The summed E-state index contributed by atoms with van der Waals surface area (Å²) in [5, 5.41) is 11.0. The third-order valence-corrected chi connectivity index (χ3v) is 2.92. The minimum atomic E-state index is -1.10. The summed E-state index contributed by atoms with van der Waals surface area (Å²) in [4.78, 5) is 22.1. The van der Waals surface area contributed by atoms with Gasteiger partial charge >= 0.3 is 5.97 Å². The molecule has 1 unspecified atom stereocenters. The van der Waals surface area contributed by atoms with Gasteiger partial charge in [-0.2, -0.15) is 0 Å². The first kappa shape index (κ1) is 16.4. The first-order valence-electron chi connectivity index (χ1n) is 7.02. The molecule has 0 saturated carbocycles. The molecule has 120 valence electrons. The monoisotopic (exact) mass is 315 g/mol. The molecule has 0 heterocycles. The van der Waals surface area contributed by atoms with E-state index in [1.54, 1.807) is 24.3 Å². The number of carbonyl (C=O) groups excluding carboxylic acids is 1. The van der Waals surface area contributed by atoms with Crippen LogP contribution in [0.5, 0.6) is 17.2 Å². The fraction of sp³-hybridized carbons (Fsp3) is 0.176. The van der Waals surface area contributed by atoms with Gasteiger partial charge in [-0.05, 0) is 43.3 Å². The molecule has 0 spiro atoms. The van der Waals surface area contributed by atoms with Gasteiger partial charge in [0.2, 0.25) is 0 Å². The average molecular weight is 315 g/mol. The summed E-state index contributed by atoms with van der Waals surface area (Å²) in [5.41, 5.74) is 0. The van der Waals surface area contributed by atoms with Gasteiger partial charge in [0.1, 0.15) is 23.3 Å². The van der Waals surface area contributed by atoms with E-state index in [9.17, 15) is 9.59 Å². The van der Waals surface area contributed by atoms with E-state index in [-0.39, 0.29) is 6.61 Å². The molecule has 23 heavy (non-hydrogen) atoms. The number of ether oxygens (including phenoxy) is 2. The Morgan fingerprint density at radius 3 is 2.17 bits per heavy atom. The van der Waals surface area contributed by atoms with Crippen molar-refractivity contribution in [2.24, 2.45) is 0 Å². The maximum atomic E-state index is 11.5. The number of rotatable bonds is 7. The number of hydrogen-bond acceptors (Lipinski definition) is 4. The highest BCUT2D eigenvalue weighted by atomic mass is 16.5. The van der Waals surface area contributed by atoms with E-state index < -0.39 is 17.9 Å². The van der Waals surface area contributed by atoms with Gasteiger partial charge in [0.15, 0.2) is 6.61 Å². The Morgan fingerprint density at radius 2 is 1.57 bits per heavy atom. The Labute approximate surface area is 133 Å². The molecule has 0 aliphatic carbocycles. The number of benzene rings is 2. The first-order valence-corrected chi connectivity index (χ1v) is 7.02. The summed E-state index contributed by atoms with van der Waals surface area (Å²) >= 11 is 0. The Bertz CT molecular complexity index is 654. The molecule has 6 heteroatoms. The van der Waals surface area contributed by atoms with E-state index in [0.717, 1.165) is 5.75 Å². The highest BCUT2D eigenvalue weighted by Gasteiger charge is 2.14. The molecular weight excluding hydrogens is 298 g/mol. The highest BCUT2D eigenvalue weighted by Crippen LogP contribution is 2.23. The van der Waals surface area contributed by atoms with E-state index in [1.807, 2.05) is 30.3 Å². The topological polar surface area (TPSA) is 84.9 Å². The lowest BCUT2D eigenvalue weighted by molar-refractivity contribution is -0.141. The predicted molar refractivity (Wildman–Crippen MR) is 83.7 cm³/mol. The molecule has 2 N–H and O–H groups in total. The van der Waals surface area contributed by atoms with Gasteiger partial charge in [-0.3, -0.25) is 9.59 Å². The van der Waals surface area contributed by atoms with E-state index in [0.29, 0.717) is 11.5 Å². The number of nitrogens with one attached hydrogen (secondary N) is 1. The summed E-state index contributed by atoms with van der Waals surface area (Å²) in [7, 11) is 0. The van der Waals surface area contributed by atoms with Crippen molar-refractivity contribution in [1.29, 1.82) is 0 Å². The maximum Gasteiger partial charge on any atom is 0.325 e. The number of aliphatic carboxylic acids is 1. The lowest BCUT2D eigenvalue weighted by Crippen LogP contribution is -2.40. The van der Waals surface area contributed by atoms with Crippen molar-refractivity contribution >= 4 is 11.9 Å². The molecular formula is C17H17NO5. The molecule has 2 rings (SSSR count). The van der Waals surface area contributed by atoms with Crippen molar-refractivity contribution in [1.82, 2.24) is 5.32 Å². The second-order valence-electron chi connectivity index (χ2n) is 4.80. The third-order valence-electron chi connectivity index (χ3n) is 2.92. The molecule has 0 fully saturated rings. The van der Waals surface area contributed by atoms with Crippen molar-refractivity contribution in [3.8, 4) is 17.2 Å². The predicted octanol–water partition coefficient (Wildman–Crippen LogP) is 2.45. The zero-order valence-electron chi connectivity index (χ0n) is 12.6. The summed E-state index contributed by atoms with van der Waals surface area (Å²) in [6.07, 6.45) is 0. The number of para-hydroxylation sites is 1. The summed E-state index contributed by atoms with van der Waals surface area (Å²) in [6.45, 7) is 1.13. The number of hydrogen-bond donors (Lipinski definition) is 2. The van der Waals surface area contributed by atoms with Crippen LogP contribution >= 0.6 is 0 Å². The molecule has 0 bridgehead atoms. The molecule has 0 aromatic heterocycles. The van der Waals surface area contributed by atoms with Crippen LogP contribution in [0.15, 0.2) is 54.6 Å². The fourth-order valence-electron chi connectivity index (χ4n) is 1.72. The lowest BCUT2D eigenvalue weighted by Gasteiger charge is -2.11. The molecule has 2 aromatic carbocycles. The van der Waals surface area contributed by atoms with Gasteiger partial charge in [0, 0.05) is 0 Å². The van der Waals surface area contributed by atoms with Gasteiger partial charge in [0.25, 0.3) is 5.91 Å². The third kappa shape index (κ3) is 5.35. The Kier molecular flexibility index (Phi) is 5.57. The summed E-state index contributed by atoms with van der Waals surface area (Å²) in [6, 6.07) is 15.2. The molecule has 0 radical (unpaired) electrons. The molecule has 2 aromatic rings. The van der Waals surface area contributed by atoms with Crippen molar-refractivity contribution in [3.63, 3.8) is 0 Å². The van der Waals surface area contributed by atoms with Crippen molar-refractivity contribution in [2.45, 2.75) is 13.0 Å². The molecule has 6 nitrogen and oxygen atoms in total. The van der Waals surface area contributed by atoms with E-state index >= 15 is 0 Å². The quantitative estimate of drug-likeness (QED) is 0.820. The molecule has 1 atom stereocenters. The van der Waals surface area contributed by atoms with E-state index in [1.165, 1.54) is 6.92 Å². The minimum absolute atomic E-state index is 0.253. The zero-order chi connectivity index (χ0) is 16.7. The molecule has 1 amide bonds. The van der Waals surface area contributed by atoms with Gasteiger partial charge < -0.3 is 19.9 Å². The van der Waals surface area contributed by atoms with Crippen molar-refractivity contribution < 1.29 is 24.2 Å². The second-order valence-corrected chi connectivity index (χ2v) is 4.80. The van der Waals surface area contributed by atoms with Crippen LogP contribution in [0, 0.1) is 0 Å². The van der Waals surface area contributed by atoms with Crippen LogP contribution in [0.25, 0.3) is 0 Å². The number of carboxylic acid groups (broad SMARTS) is 1. The lowest BCUT2D eigenvalue weighted by atomic mass is 10.3. The van der Waals surface area contributed by atoms with Crippen LogP contribution in [-0.2, 0) is 9.59 Å². The van der Waals surface area contributed by atoms with Crippen molar-refractivity contribution in [3.05, 3.63) is 54.6 Å². The van der Waals surface area contributed by atoms with Crippen LogP contribution in [0.2, 0.25) is 0 Å². The minimum Gasteiger partial charge on any atom is -0.484 e. The van der Waals surface area contributed by atoms with Crippen LogP contribution in [0.4, 0.5) is 0 Å². The normalized spacial score (nSPS) is 11.3. The summed E-state index contributed by atoms with van der Waals surface area (Å²) < 4.78 is 10.9. The molecule has 0 saturated heterocycles. The maximum absolute atomic E-state index is 11.5.